The molecule has 10 heteroatoms. The first kappa shape index (κ1) is 24.1. The number of nitrogens with one attached hydrogen (secondary N) is 2. The van der Waals surface area contributed by atoms with Crippen LogP contribution in [0.25, 0.3) is 17.2 Å². The number of nitrogens with zero attached hydrogens (tertiary/aromatic N) is 4. The highest BCUT2D eigenvalue weighted by Crippen LogP contribution is 2.46. The first-order chi connectivity index (χ1) is 17.9. The van der Waals surface area contributed by atoms with Gasteiger partial charge in [0.2, 0.25) is 0 Å². The van der Waals surface area contributed by atoms with E-state index in [1.807, 2.05) is 24.3 Å². The highest BCUT2D eigenvalue weighted by atomic mass is 19.1. The molecule has 3 aromatic rings. The molecule has 2 saturated heterocycles. The zero-order valence-electron chi connectivity index (χ0n) is 21.1. The van der Waals surface area contributed by atoms with Crippen LogP contribution in [0.3, 0.4) is 0 Å². The van der Waals surface area contributed by atoms with E-state index >= 15 is 0 Å². The molecule has 1 unspecified atom stereocenters. The zero-order chi connectivity index (χ0) is 25.6. The van der Waals surface area contributed by atoms with Crippen LogP contribution in [0.2, 0.25) is 0 Å². The Morgan fingerprint density at radius 1 is 1.30 bits per heavy atom. The molecule has 1 saturated carbocycles. The number of rotatable bonds is 7. The normalized spacial score (nSPS) is 26.3. The molecular formula is C27H31FN6O3. The van der Waals surface area contributed by atoms with Gasteiger partial charge in [0.05, 0.1) is 29.8 Å². The van der Waals surface area contributed by atoms with Gasteiger partial charge < -0.3 is 20.1 Å². The lowest BCUT2D eigenvalue weighted by Crippen LogP contribution is -2.61. The lowest BCUT2D eigenvalue weighted by molar-refractivity contribution is -0.165. The molecule has 1 atom stereocenters. The van der Waals surface area contributed by atoms with Crippen LogP contribution >= 0.6 is 0 Å². The largest absolute Gasteiger partial charge is 0.373 e. The molecule has 2 bridgehead atoms. The molecule has 194 valence electrons. The average molecular weight is 507 g/mol. The lowest BCUT2D eigenvalue weighted by Gasteiger charge is -2.53. The minimum atomic E-state index is -0.310. The number of halogens is 1. The fraction of sp³-hybridized carbons (Fsp3) is 0.481. The number of fused-ring (bicyclic) bond motifs is 5. The predicted molar refractivity (Wildman–Crippen MR) is 137 cm³/mol. The fourth-order valence-corrected chi connectivity index (χ4v) is 5.85. The Labute approximate surface area is 214 Å². The maximum absolute atomic E-state index is 14.8. The van der Waals surface area contributed by atoms with Crippen molar-refractivity contribution in [3.05, 3.63) is 63.7 Å². The minimum absolute atomic E-state index is 0.140. The van der Waals surface area contributed by atoms with E-state index in [4.69, 9.17) is 9.47 Å². The van der Waals surface area contributed by atoms with E-state index in [-0.39, 0.29) is 28.7 Å². The molecule has 9 nitrogen and oxygen atoms in total. The molecule has 4 aliphatic rings. The topological polar surface area (TPSA) is 103 Å². The summed E-state index contributed by atoms with van der Waals surface area (Å²) in [5, 5.41) is 6.85. The smallest absolute Gasteiger partial charge is 0.274 e. The van der Waals surface area contributed by atoms with Crippen molar-refractivity contribution in [3.8, 4) is 0 Å². The Bertz CT molecular complexity index is 1410. The Kier molecular flexibility index (Phi) is 6.05. The van der Waals surface area contributed by atoms with Gasteiger partial charge >= 0.3 is 0 Å². The molecule has 2 N–H and O–H groups in total. The molecular weight excluding hydrogens is 475 g/mol. The highest BCUT2D eigenvalue weighted by molar-refractivity contribution is 5.71. The summed E-state index contributed by atoms with van der Waals surface area (Å²) in [5.41, 5.74) is 3.23. The van der Waals surface area contributed by atoms with Gasteiger partial charge in [0.1, 0.15) is 23.3 Å². The molecule has 3 aromatic heterocycles. The summed E-state index contributed by atoms with van der Waals surface area (Å²) in [7, 11) is 3.34. The summed E-state index contributed by atoms with van der Waals surface area (Å²) in [5.74, 6) is -0.310. The van der Waals surface area contributed by atoms with Gasteiger partial charge in [0, 0.05) is 38.0 Å². The number of aromatic nitrogens is 4. The maximum Gasteiger partial charge on any atom is 0.274 e. The average Bonchev–Trinajstić information content (AvgIpc) is 2.94. The molecule has 3 aliphatic heterocycles. The second-order valence-corrected chi connectivity index (χ2v) is 10.4. The number of anilines is 1. The molecule has 3 fully saturated rings. The van der Waals surface area contributed by atoms with Crippen molar-refractivity contribution in [2.24, 2.45) is 7.05 Å². The number of aryl methyl sites for hydroxylation is 1. The summed E-state index contributed by atoms with van der Waals surface area (Å²) >= 11 is 0. The van der Waals surface area contributed by atoms with Gasteiger partial charge in [-0.2, -0.15) is 0 Å². The second kappa shape index (κ2) is 9.27. The third-order valence-electron chi connectivity index (χ3n) is 8.26. The Balaban J connectivity index is 1.12. The monoisotopic (exact) mass is 506 g/mol. The summed E-state index contributed by atoms with van der Waals surface area (Å²) in [6, 6.07) is 3.69. The van der Waals surface area contributed by atoms with Gasteiger partial charge in [-0.3, -0.25) is 14.3 Å². The number of pyridine rings is 2. The molecule has 6 heterocycles. The lowest BCUT2D eigenvalue weighted by atomic mass is 9.69. The summed E-state index contributed by atoms with van der Waals surface area (Å²) < 4.78 is 28.2. The third-order valence-corrected chi connectivity index (χ3v) is 8.26. The number of hydrogen-bond donors (Lipinski definition) is 2. The molecule has 0 amide bonds. The van der Waals surface area contributed by atoms with Crippen LogP contribution in [0.15, 0.2) is 35.4 Å². The fourth-order valence-electron chi connectivity index (χ4n) is 5.85. The highest BCUT2D eigenvalue weighted by Gasteiger charge is 2.49. The zero-order valence-corrected chi connectivity index (χ0v) is 21.1. The second-order valence-electron chi connectivity index (χ2n) is 10.4. The van der Waals surface area contributed by atoms with Crippen LogP contribution in [0.4, 0.5) is 10.1 Å². The van der Waals surface area contributed by atoms with Crippen LogP contribution in [0.1, 0.15) is 49.1 Å². The molecule has 7 rings (SSSR count). The Hall–Kier alpha value is -3.21. The summed E-state index contributed by atoms with van der Waals surface area (Å²) in [6.45, 7) is 0.939. The van der Waals surface area contributed by atoms with Crippen LogP contribution in [0.5, 0.6) is 0 Å². The third kappa shape index (κ3) is 4.32. The quantitative estimate of drug-likeness (QED) is 0.504. The van der Waals surface area contributed by atoms with E-state index in [1.165, 1.54) is 6.20 Å². The van der Waals surface area contributed by atoms with Crippen molar-refractivity contribution in [3.63, 3.8) is 0 Å². The van der Waals surface area contributed by atoms with Crippen LogP contribution in [0, 0.1) is 5.82 Å². The maximum atomic E-state index is 14.8. The number of hydrogen-bond acceptors (Lipinski definition) is 8. The van der Waals surface area contributed by atoms with E-state index in [0.717, 1.165) is 37.8 Å². The first-order valence-electron chi connectivity index (χ1n) is 12.8. The van der Waals surface area contributed by atoms with Crippen LogP contribution in [-0.4, -0.2) is 50.6 Å². The van der Waals surface area contributed by atoms with E-state index in [9.17, 15) is 9.18 Å². The van der Waals surface area contributed by atoms with E-state index in [0.29, 0.717) is 47.7 Å². The predicted octanol–water partition coefficient (Wildman–Crippen LogP) is 3.08. The van der Waals surface area contributed by atoms with E-state index < -0.39 is 0 Å². The SMILES string of the molecule is COC1C=Cc2ncc(F)c(CCC34CCC(NCc5nc6cccnc6n(C)c5=O)(CC3)CO4)c2N1. The minimum Gasteiger partial charge on any atom is -0.373 e. The molecule has 1 aliphatic carbocycles. The van der Waals surface area contributed by atoms with Crippen molar-refractivity contribution in [1.29, 1.82) is 0 Å². The summed E-state index contributed by atoms with van der Waals surface area (Å²) in [4.78, 5) is 25.9. The molecule has 0 aromatic carbocycles. The van der Waals surface area contributed by atoms with Crippen molar-refractivity contribution < 1.29 is 13.9 Å². The van der Waals surface area contributed by atoms with E-state index in [2.05, 4.69) is 25.6 Å². The van der Waals surface area contributed by atoms with Gasteiger partial charge in [-0.1, -0.05) is 0 Å². The van der Waals surface area contributed by atoms with Crippen molar-refractivity contribution >= 4 is 22.9 Å². The van der Waals surface area contributed by atoms with Crippen molar-refractivity contribution in [2.75, 3.05) is 19.0 Å². The van der Waals surface area contributed by atoms with E-state index in [1.54, 1.807) is 24.9 Å². The van der Waals surface area contributed by atoms with Gasteiger partial charge in [-0.25, -0.2) is 14.4 Å². The number of methoxy groups -OCH3 is 1. The summed E-state index contributed by atoms with van der Waals surface area (Å²) in [6.07, 6.45) is 11.3. The van der Waals surface area contributed by atoms with Gasteiger partial charge in [0.15, 0.2) is 5.65 Å². The van der Waals surface area contributed by atoms with Gasteiger partial charge in [-0.15, -0.1) is 0 Å². The molecule has 0 spiro atoms. The van der Waals surface area contributed by atoms with Crippen molar-refractivity contribution in [2.45, 2.75) is 62.4 Å². The molecule has 0 radical (unpaired) electrons. The van der Waals surface area contributed by atoms with Gasteiger partial charge in [0.25, 0.3) is 5.56 Å². The Morgan fingerprint density at radius 2 is 2.14 bits per heavy atom. The van der Waals surface area contributed by atoms with Crippen LogP contribution in [-0.2, 0) is 29.5 Å². The molecule has 37 heavy (non-hydrogen) atoms. The number of ether oxygens (including phenoxy) is 2. The standard InChI is InChI=1S/C27H31FN6O3/c1-34-24-20(4-3-13-29-24)32-21(25(34)35)15-31-26-9-11-27(12-10-26,37-16-26)8-7-17-18(28)14-30-19-5-6-22(36-2)33-23(17)19/h3-6,13-14,22,31,33H,7-12,15-16H2,1-2H3. The van der Waals surface area contributed by atoms with Gasteiger partial charge in [-0.05, 0) is 62.8 Å². The van der Waals surface area contributed by atoms with Crippen molar-refractivity contribution in [1.82, 2.24) is 24.8 Å². The Morgan fingerprint density at radius 3 is 2.89 bits per heavy atom. The first-order valence-corrected chi connectivity index (χ1v) is 12.8. The van der Waals surface area contributed by atoms with Crippen LogP contribution < -0.4 is 16.2 Å².